The first-order valence-corrected chi connectivity index (χ1v) is 8.87. The molecule has 0 aliphatic carbocycles. The quantitative estimate of drug-likeness (QED) is 0.354. The first-order chi connectivity index (χ1) is 10.2. The Morgan fingerprint density at radius 1 is 1.00 bits per heavy atom. The molecule has 0 spiro atoms. The summed E-state index contributed by atoms with van der Waals surface area (Å²) in [7, 11) is -0.332. The van der Waals surface area contributed by atoms with Crippen molar-refractivity contribution in [1.82, 2.24) is 4.67 Å². The van der Waals surface area contributed by atoms with Crippen LogP contribution < -0.4 is 0 Å². The van der Waals surface area contributed by atoms with Crippen LogP contribution in [0.25, 0.3) is 0 Å². The molecule has 0 radical (unpaired) electrons. The summed E-state index contributed by atoms with van der Waals surface area (Å²) in [6, 6.07) is -1.07. The van der Waals surface area contributed by atoms with Crippen molar-refractivity contribution >= 4 is 14.6 Å². The Hall–Kier alpha value is -0.510. The Morgan fingerprint density at radius 2 is 1.48 bits per heavy atom. The van der Waals surface area contributed by atoms with Gasteiger partial charge < -0.3 is 10.2 Å². The van der Waals surface area contributed by atoms with E-state index in [-0.39, 0.29) is 8.61 Å². The molecule has 0 saturated heterocycles. The second-order valence-corrected chi connectivity index (χ2v) is 6.14. The molecule has 5 nitrogen and oxygen atoms in total. The summed E-state index contributed by atoms with van der Waals surface area (Å²) in [5.41, 5.74) is 0. The third-order valence-electron chi connectivity index (χ3n) is 3.66. The standard InChI is InChI=1S/C15H30NO4P/c1-2-3-4-5-6-7-8-9-10-11-12-16(21-20)14(13-17)15(18)19/h14,17H,2-13H2,1H3,(H,18,19). The van der Waals surface area contributed by atoms with Gasteiger partial charge in [-0.25, -0.2) is 4.67 Å². The lowest BCUT2D eigenvalue weighted by Crippen LogP contribution is -2.38. The van der Waals surface area contributed by atoms with Crippen molar-refractivity contribution in [3.63, 3.8) is 0 Å². The van der Waals surface area contributed by atoms with Gasteiger partial charge in [0.05, 0.1) is 6.61 Å². The predicted molar refractivity (Wildman–Crippen MR) is 84.7 cm³/mol. The number of aliphatic carboxylic acids is 1. The molecule has 2 N–H and O–H groups in total. The highest BCUT2D eigenvalue weighted by molar-refractivity contribution is 7.20. The van der Waals surface area contributed by atoms with E-state index in [1.54, 1.807) is 0 Å². The van der Waals surface area contributed by atoms with Crippen LogP contribution in [-0.4, -0.2) is 40.0 Å². The van der Waals surface area contributed by atoms with Gasteiger partial charge in [0.25, 0.3) is 0 Å². The van der Waals surface area contributed by atoms with E-state index in [0.717, 1.165) is 19.3 Å². The SMILES string of the molecule is CCCCCCCCCCCCN(P=O)C(CO)C(=O)O. The minimum Gasteiger partial charge on any atom is -0.480 e. The topological polar surface area (TPSA) is 77.8 Å². The molecule has 0 aromatic heterocycles. The van der Waals surface area contributed by atoms with E-state index >= 15 is 0 Å². The van der Waals surface area contributed by atoms with Crippen LogP contribution in [0.5, 0.6) is 0 Å². The third-order valence-corrected chi connectivity index (χ3v) is 4.35. The van der Waals surface area contributed by atoms with Gasteiger partial charge in [0.1, 0.15) is 6.04 Å². The molecule has 0 saturated carbocycles. The van der Waals surface area contributed by atoms with Crippen molar-refractivity contribution in [3.8, 4) is 0 Å². The maximum absolute atomic E-state index is 10.9. The second kappa shape index (κ2) is 14.4. The molecule has 6 heteroatoms. The van der Waals surface area contributed by atoms with E-state index in [0.29, 0.717) is 6.54 Å². The Labute approximate surface area is 130 Å². The van der Waals surface area contributed by atoms with Crippen LogP contribution >= 0.6 is 8.61 Å². The molecule has 0 fully saturated rings. The van der Waals surface area contributed by atoms with Crippen molar-refractivity contribution < 1.29 is 19.6 Å². The van der Waals surface area contributed by atoms with Crippen molar-refractivity contribution in [3.05, 3.63) is 0 Å². The third kappa shape index (κ3) is 10.8. The van der Waals surface area contributed by atoms with E-state index < -0.39 is 18.6 Å². The first-order valence-electron chi connectivity index (χ1n) is 8.10. The summed E-state index contributed by atoms with van der Waals surface area (Å²) < 4.78 is 12.2. The molecule has 0 aliphatic heterocycles. The van der Waals surface area contributed by atoms with Gasteiger partial charge in [0.15, 0.2) is 0 Å². The summed E-state index contributed by atoms with van der Waals surface area (Å²) in [5.74, 6) is -1.13. The Balaban J connectivity index is 3.55. The molecule has 1 atom stereocenters. The van der Waals surface area contributed by atoms with Crippen LogP contribution in [0.2, 0.25) is 0 Å². The van der Waals surface area contributed by atoms with Crippen LogP contribution in [0.3, 0.4) is 0 Å². The zero-order chi connectivity index (χ0) is 15.9. The average Bonchev–Trinajstić information content (AvgIpc) is 2.47. The summed E-state index contributed by atoms with van der Waals surface area (Å²) >= 11 is 0. The van der Waals surface area contributed by atoms with E-state index in [1.807, 2.05) is 0 Å². The molecule has 0 bridgehead atoms. The zero-order valence-corrected chi connectivity index (χ0v) is 14.1. The van der Waals surface area contributed by atoms with Crippen LogP contribution in [0.4, 0.5) is 0 Å². The number of hydrogen-bond acceptors (Lipinski definition) is 3. The van der Waals surface area contributed by atoms with Gasteiger partial charge in [0, 0.05) is 6.54 Å². The first kappa shape index (κ1) is 20.5. The fraction of sp³-hybridized carbons (Fsp3) is 0.933. The van der Waals surface area contributed by atoms with Gasteiger partial charge in [-0.3, -0.25) is 9.36 Å². The number of hydrogen-bond donors (Lipinski definition) is 2. The summed E-state index contributed by atoms with van der Waals surface area (Å²) in [4.78, 5) is 10.9. The number of unbranched alkanes of at least 4 members (excludes halogenated alkanes) is 9. The molecule has 0 aromatic rings. The summed E-state index contributed by atoms with van der Waals surface area (Å²) in [5, 5.41) is 17.9. The van der Waals surface area contributed by atoms with Crippen molar-refractivity contribution in [2.45, 2.75) is 77.2 Å². The minimum absolute atomic E-state index is 0.332. The molecular formula is C15H30NO4P. The highest BCUT2D eigenvalue weighted by Gasteiger charge is 2.24. The summed E-state index contributed by atoms with van der Waals surface area (Å²) in [6.07, 6.45) is 12.0. The van der Waals surface area contributed by atoms with Crippen molar-refractivity contribution in [1.29, 1.82) is 0 Å². The second-order valence-electron chi connectivity index (χ2n) is 5.46. The molecule has 0 rings (SSSR count). The minimum atomic E-state index is -1.13. The van der Waals surface area contributed by atoms with E-state index in [1.165, 1.54) is 49.6 Å². The molecule has 124 valence electrons. The lowest BCUT2D eigenvalue weighted by molar-refractivity contribution is -0.142. The largest absolute Gasteiger partial charge is 0.480 e. The normalized spacial score (nSPS) is 12.9. The number of carboxylic acids is 1. The zero-order valence-electron chi connectivity index (χ0n) is 13.2. The number of carboxylic acid groups (broad SMARTS) is 1. The molecule has 21 heavy (non-hydrogen) atoms. The van der Waals surface area contributed by atoms with Crippen LogP contribution in [0.1, 0.15) is 71.1 Å². The van der Waals surface area contributed by atoms with Gasteiger partial charge in [0.2, 0.25) is 8.61 Å². The van der Waals surface area contributed by atoms with Crippen molar-refractivity contribution in [2.75, 3.05) is 13.2 Å². The van der Waals surface area contributed by atoms with E-state index in [9.17, 15) is 9.36 Å². The molecule has 1 unspecified atom stereocenters. The maximum Gasteiger partial charge on any atom is 0.324 e. The molecule has 0 heterocycles. The summed E-state index contributed by atoms with van der Waals surface area (Å²) in [6.45, 7) is 2.15. The molecular weight excluding hydrogens is 289 g/mol. The average molecular weight is 319 g/mol. The number of aliphatic hydroxyl groups excluding tert-OH is 1. The number of nitrogens with zero attached hydrogens (tertiary/aromatic N) is 1. The lowest BCUT2D eigenvalue weighted by Gasteiger charge is -2.19. The number of carbonyl (C=O) groups is 1. The molecule has 0 amide bonds. The van der Waals surface area contributed by atoms with Crippen molar-refractivity contribution in [2.24, 2.45) is 0 Å². The molecule has 0 aromatic carbocycles. The van der Waals surface area contributed by atoms with Crippen LogP contribution in [-0.2, 0) is 9.36 Å². The smallest absolute Gasteiger partial charge is 0.324 e. The van der Waals surface area contributed by atoms with Crippen LogP contribution in [0, 0.1) is 0 Å². The lowest BCUT2D eigenvalue weighted by atomic mass is 10.1. The van der Waals surface area contributed by atoms with Gasteiger partial charge in [-0.05, 0) is 6.42 Å². The monoisotopic (exact) mass is 319 g/mol. The fourth-order valence-electron chi connectivity index (χ4n) is 2.31. The maximum atomic E-state index is 10.9. The Kier molecular flexibility index (Phi) is 14.1. The van der Waals surface area contributed by atoms with Gasteiger partial charge >= 0.3 is 5.97 Å². The Morgan fingerprint density at radius 3 is 1.86 bits per heavy atom. The molecule has 0 aliphatic rings. The fourth-order valence-corrected chi connectivity index (χ4v) is 2.82. The van der Waals surface area contributed by atoms with Crippen LogP contribution in [0.15, 0.2) is 0 Å². The van der Waals surface area contributed by atoms with E-state index in [2.05, 4.69) is 6.92 Å². The number of aliphatic hydroxyl groups is 1. The van der Waals surface area contributed by atoms with Gasteiger partial charge in [-0.1, -0.05) is 64.7 Å². The van der Waals surface area contributed by atoms with E-state index in [4.69, 9.17) is 10.2 Å². The predicted octanol–water partition coefficient (Wildman–Crippen LogP) is 3.86. The van der Waals surface area contributed by atoms with Gasteiger partial charge in [-0.15, -0.1) is 0 Å². The van der Waals surface area contributed by atoms with Gasteiger partial charge in [-0.2, -0.15) is 0 Å². The highest BCUT2D eigenvalue weighted by atomic mass is 31.1. The highest BCUT2D eigenvalue weighted by Crippen LogP contribution is 2.15. The Bertz CT molecular complexity index is 276. The number of rotatable bonds is 15.